The summed E-state index contributed by atoms with van der Waals surface area (Å²) < 4.78 is 57.6. The van der Waals surface area contributed by atoms with E-state index in [0.29, 0.717) is 41.6 Å². The van der Waals surface area contributed by atoms with Gasteiger partial charge in [-0.05, 0) is 62.4 Å². The quantitative estimate of drug-likeness (QED) is 0.154. The summed E-state index contributed by atoms with van der Waals surface area (Å²) in [5.74, 6) is -0.540. The lowest BCUT2D eigenvalue weighted by Crippen LogP contribution is -2.31. The average Bonchev–Trinajstić information content (AvgIpc) is 3.46. The predicted octanol–water partition coefficient (Wildman–Crippen LogP) is 5.77. The summed E-state index contributed by atoms with van der Waals surface area (Å²) in [5, 5.41) is 6.69. The second-order valence-electron chi connectivity index (χ2n) is 11.3. The Bertz CT molecular complexity index is 1960. The fourth-order valence-corrected chi connectivity index (χ4v) is 7.70. The van der Waals surface area contributed by atoms with Gasteiger partial charge in [-0.2, -0.15) is 9.67 Å². The van der Waals surface area contributed by atoms with Crippen LogP contribution in [-0.4, -0.2) is 60.0 Å². The van der Waals surface area contributed by atoms with E-state index in [-0.39, 0.29) is 43.6 Å². The van der Waals surface area contributed by atoms with Gasteiger partial charge >= 0.3 is 5.97 Å². The van der Waals surface area contributed by atoms with E-state index in [1.807, 2.05) is 48.9 Å². The molecule has 4 aromatic rings. The number of hydrogen-bond acceptors (Lipinski definition) is 6. The molecule has 12 heteroatoms. The molecule has 1 N–H and O–H groups in total. The molecule has 0 bridgehead atoms. The topological polar surface area (TPSA) is 103 Å². The zero-order valence-corrected chi connectivity index (χ0v) is 27.0. The maximum Gasteiger partial charge on any atom is 0.399 e. The minimum Gasteiger partial charge on any atom is -0.493 e. The number of esters is 1. The SMILES string of the molecule is CCOC(=O)C1=[N+]2CCCS(=O)(=O)NCc3nn(C)c(C)c3-c3c(Cl)ccc(c32)C1CCCOc1cccc2cc(F)ccc12. The number of hydrogen-bond donors (Lipinski definition) is 1. The van der Waals surface area contributed by atoms with E-state index in [1.54, 1.807) is 17.7 Å². The van der Waals surface area contributed by atoms with Gasteiger partial charge in [0.05, 0.1) is 47.7 Å². The normalized spacial score (nSPS) is 17.5. The van der Waals surface area contributed by atoms with Crippen LogP contribution in [0.1, 0.15) is 49.1 Å². The molecule has 1 aromatic heterocycles. The average molecular weight is 654 g/mol. The van der Waals surface area contributed by atoms with Gasteiger partial charge < -0.3 is 9.47 Å². The number of carbonyl (C=O) groups is 1. The van der Waals surface area contributed by atoms with Crippen molar-refractivity contribution in [2.75, 3.05) is 25.5 Å². The van der Waals surface area contributed by atoms with Crippen molar-refractivity contribution in [3.05, 3.63) is 76.3 Å². The molecule has 3 aromatic carbocycles. The summed E-state index contributed by atoms with van der Waals surface area (Å²) in [7, 11) is -1.79. The largest absolute Gasteiger partial charge is 0.493 e. The van der Waals surface area contributed by atoms with Crippen molar-refractivity contribution < 1.29 is 31.7 Å². The molecule has 0 spiro atoms. The van der Waals surface area contributed by atoms with Crippen molar-refractivity contribution in [2.24, 2.45) is 7.05 Å². The number of rotatable bonds is 7. The third-order valence-electron chi connectivity index (χ3n) is 8.52. The van der Waals surface area contributed by atoms with E-state index >= 15 is 0 Å². The second kappa shape index (κ2) is 12.5. The van der Waals surface area contributed by atoms with Crippen molar-refractivity contribution >= 4 is 49.8 Å². The molecule has 45 heavy (non-hydrogen) atoms. The molecule has 9 nitrogen and oxygen atoms in total. The lowest BCUT2D eigenvalue weighted by molar-refractivity contribution is -0.436. The van der Waals surface area contributed by atoms with Gasteiger partial charge in [-0.15, -0.1) is 0 Å². The smallest absolute Gasteiger partial charge is 0.399 e. The third kappa shape index (κ3) is 5.96. The fraction of sp³-hybridized carbons (Fsp3) is 0.364. The van der Waals surface area contributed by atoms with Gasteiger partial charge in [0.1, 0.15) is 11.6 Å². The molecule has 1 unspecified atom stereocenters. The Morgan fingerprint density at radius 1 is 1.20 bits per heavy atom. The van der Waals surface area contributed by atoms with Crippen molar-refractivity contribution in [3.63, 3.8) is 0 Å². The van der Waals surface area contributed by atoms with Crippen molar-refractivity contribution in [2.45, 2.75) is 45.6 Å². The van der Waals surface area contributed by atoms with Gasteiger partial charge in [0.25, 0.3) is 5.71 Å². The van der Waals surface area contributed by atoms with Crippen LogP contribution >= 0.6 is 11.6 Å². The van der Waals surface area contributed by atoms with Crippen LogP contribution in [0, 0.1) is 12.7 Å². The van der Waals surface area contributed by atoms with Crippen LogP contribution in [0.3, 0.4) is 0 Å². The predicted molar refractivity (Wildman–Crippen MR) is 171 cm³/mol. The molecular formula is C33H35ClFN4O5S+. The summed E-state index contributed by atoms with van der Waals surface area (Å²) in [4.78, 5) is 13.7. The maximum absolute atomic E-state index is 13.8. The van der Waals surface area contributed by atoms with Crippen LogP contribution in [0.2, 0.25) is 5.02 Å². The summed E-state index contributed by atoms with van der Waals surface area (Å²) in [6, 6.07) is 13.9. The molecule has 0 saturated carbocycles. The van der Waals surface area contributed by atoms with E-state index in [4.69, 9.17) is 21.1 Å². The van der Waals surface area contributed by atoms with E-state index < -0.39 is 16.0 Å². The Morgan fingerprint density at radius 3 is 2.82 bits per heavy atom. The van der Waals surface area contributed by atoms with Gasteiger partial charge in [0.2, 0.25) is 15.7 Å². The third-order valence-corrected chi connectivity index (χ3v) is 10.2. The molecule has 2 aliphatic heterocycles. The summed E-state index contributed by atoms with van der Waals surface area (Å²) in [6.45, 7) is 4.55. The number of nitrogens with one attached hydrogen (secondary N) is 1. The number of sulfonamides is 1. The van der Waals surface area contributed by atoms with Crippen molar-refractivity contribution in [1.29, 1.82) is 0 Å². The van der Waals surface area contributed by atoms with Crippen LogP contribution < -0.4 is 9.46 Å². The van der Waals surface area contributed by atoms with Crippen LogP contribution in [-0.2, 0) is 33.1 Å². The van der Waals surface area contributed by atoms with Crippen LogP contribution in [0.4, 0.5) is 10.1 Å². The minimum atomic E-state index is -3.60. The zero-order valence-electron chi connectivity index (χ0n) is 25.4. The van der Waals surface area contributed by atoms with Crippen molar-refractivity contribution in [1.82, 2.24) is 14.5 Å². The van der Waals surface area contributed by atoms with Gasteiger partial charge in [-0.3, -0.25) is 4.68 Å². The number of carbonyl (C=O) groups excluding carboxylic acids is 1. The Kier molecular flexibility index (Phi) is 8.69. The molecule has 0 fully saturated rings. The molecule has 0 amide bonds. The van der Waals surface area contributed by atoms with E-state index in [1.165, 1.54) is 12.1 Å². The number of aryl methyl sites for hydroxylation is 1. The first kappa shape index (κ1) is 31.2. The summed E-state index contributed by atoms with van der Waals surface area (Å²) in [5.41, 5.74) is 5.01. The minimum absolute atomic E-state index is 0.0232. The lowest BCUT2D eigenvalue weighted by atomic mass is 9.88. The summed E-state index contributed by atoms with van der Waals surface area (Å²) in [6.07, 6.45) is 1.45. The van der Waals surface area contributed by atoms with Gasteiger partial charge in [0, 0.05) is 35.7 Å². The molecule has 0 saturated heterocycles. The molecule has 0 aliphatic carbocycles. The van der Waals surface area contributed by atoms with Gasteiger partial charge in [-0.1, -0.05) is 29.8 Å². The molecule has 2 aliphatic rings. The van der Waals surface area contributed by atoms with E-state index in [2.05, 4.69) is 9.82 Å². The van der Waals surface area contributed by atoms with Crippen LogP contribution in [0.5, 0.6) is 5.75 Å². The first-order chi connectivity index (χ1) is 21.6. The molecule has 1 atom stereocenters. The standard InChI is InChI=1S/C33H35ClFN4O5S/c1-4-43-33(40)32-24(9-6-16-44-28-10-5-8-21-18-22(35)11-12-23(21)28)25-13-14-26(34)30-29-20(2)38(3)37-27(29)19-36-45(41,42)17-7-15-39(32)31(25)30/h5,8,10-14,18,24,36H,4,6-7,9,15-17,19H2,1-3H3/q+1. The van der Waals surface area contributed by atoms with E-state index in [9.17, 15) is 17.6 Å². The summed E-state index contributed by atoms with van der Waals surface area (Å²) >= 11 is 6.95. The monoisotopic (exact) mass is 653 g/mol. The lowest BCUT2D eigenvalue weighted by Gasteiger charge is -2.13. The Labute approximate surface area is 266 Å². The zero-order chi connectivity index (χ0) is 31.9. The van der Waals surface area contributed by atoms with E-state index in [0.717, 1.165) is 38.8 Å². The molecule has 3 heterocycles. The van der Waals surface area contributed by atoms with Gasteiger partial charge in [0.15, 0.2) is 6.54 Å². The number of fused-ring (bicyclic) bond motifs is 3. The first-order valence-electron chi connectivity index (χ1n) is 15.0. The number of benzene rings is 3. The number of halogens is 2. The number of aromatic nitrogens is 2. The highest BCUT2D eigenvalue weighted by Crippen LogP contribution is 2.49. The first-order valence-corrected chi connectivity index (χ1v) is 17.1. The molecule has 6 rings (SSSR count). The van der Waals surface area contributed by atoms with Gasteiger partial charge in [-0.25, -0.2) is 22.3 Å². The van der Waals surface area contributed by atoms with Crippen LogP contribution in [0.15, 0.2) is 48.5 Å². The Hall–Kier alpha value is -3.80. The molecule has 236 valence electrons. The molecular weight excluding hydrogens is 619 g/mol. The highest BCUT2D eigenvalue weighted by Gasteiger charge is 2.47. The number of ether oxygens (including phenoxy) is 2. The van der Waals surface area contributed by atoms with Crippen LogP contribution in [0.25, 0.3) is 21.9 Å². The fourth-order valence-electron chi connectivity index (χ4n) is 6.44. The highest BCUT2D eigenvalue weighted by molar-refractivity contribution is 7.89. The second-order valence-corrected chi connectivity index (χ2v) is 13.6. The number of nitrogens with zero attached hydrogens (tertiary/aromatic N) is 3. The highest BCUT2D eigenvalue weighted by atomic mass is 35.5. The Balaban J connectivity index is 1.41. The Morgan fingerprint density at radius 2 is 2.02 bits per heavy atom. The maximum atomic E-state index is 13.8. The van der Waals surface area contributed by atoms with Crippen molar-refractivity contribution in [3.8, 4) is 16.9 Å². The molecule has 0 radical (unpaired) electrons.